The van der Waals surface area contributed by atoms with Crippen molar-refractivity contribution in [3.8, 4) is 22.9 Å². The molecule has 3 rings (SSSR count). The van der Waals surface area contributed by atoms with Gasteiger partial charge in [0.2, 0.25) is 0 Å². The minimum Gasteiger partial charge on any atom is -0.768 e. The van der Waals surface area contributed by atoms with E-state index in [0.717, 1.165) is 24.3 Å². The van der Waals surface area contributed by atoms with Crippen molar-refractivity contribution in [2.75, 3.05) is 0 Å². The number of nitrogens with zero attached hydrogens (tertiary/aromatic N) is 2. The Balaban J connectivity index is 2.05. The van der Waals surface area contributed by atoms with Crippen molar-refractivity contribution < 1.29 is 27.4 Å². The number of phenols is 1. The number of benzene rings is 2. The second-order valence-electron chi connectivity index (χ2n) is 5.56. The van der Waals surface area contributed by atoms with E-state index in [2.05, 4.69) is 5.10 Å². The van der Waals surface area contributed by atoms with Gasteiger partial charge in [-0.2, -0.15) is 9.78 Å². The third-order valence-corrected chi connectivity index (χ3v) is 4.87. The van der Waals surface area contributed by atoms with Gasteiger partial charge in [0.25, 0.3) is 12.0 Å². The zero-order valence-corrected chi connectivity index (χ0v) is 16.6. The Morgan fingerprint density at radius 2 is 1.83 bits per heavy atom. The average Bonchev–Trinajstić information content (AvgIpc) is 2.65. The summed E-state index contributed by atoms with van der Waals surface area (Å²) in [6, 6.07) is 5.55. The zero-order valence-electron chi connectivity index (χ0n) is 14.3. The molecule has 1 unspecified atom stereocenters. The second-order valence-corrected chi connectivity index (χ2v) is 7.29. The lowest BCUT2D eigenvalue weighted by atomic mass is 10.3. The minimum atomic E-state index is -3.23. The maximum atomic E-state index is 12.9. The number of ether oxygens (including phenoxy) is 1. The van der Waals surface area contributed by atoms with Crippen LogP contribution in [0, 0.1) is 0 Å². The fourth-order valence-corrected chi connectivity index (χ4v) is 3.31. The van der Waals surface area contributed by atoms with Crippen LogP contribution in [0.5, 0.6) is 17.2 Å². The summed E-state index contributed by atoms with van der Waals surface area (Å²) < 4.78 is 54.0. The lowest BCUT2D eigenvalue weighted by Gasteiger charge is -2.14. The lowest BCUT2D eigenvalue weighted by molar-refractivity contribution is 0.141. The molecular formula is C16H8Cl2F2N3O6S-. The number of phenolic OH excluding ortho intramolecular Hbond substituents is 1. The molecule has 0 radical (unpaired) electrons. The molecule has 1 aromatic heterocycles. The Kier molecular flexibility index (Phi) is 6.22. The van der Waals surface area contributed by atoms with Gasteiger partial charge < -0.3 is 14.4 Å². The fraction of sp³-hybridized carbons (Fsp3) is 0.0625. The van der Waals surface area contributed by atoms with Gasteiger partial charge in [0, 0.05) is 0 Å². The second kappa shape index (κ2) is 8.52. The standard InChI is InChI=1S/C16H9Cl2F2N3O6S/c17-8-3-6(23-16(26)21-15(25)12(22-23)14(19)20)4-9(18)13(8)29-7-1-2-10(24)11(5-7)30(27)28/h1-5,14,24H,(H,27,28)(H,21,25,26)/p-1. The molecule has 30 heavy (non-hydrogen) atoms. The molecule has 0 aliphatic heterocycles. The Morgan fingerprint density at radius 3 is 2.40 bits per heavy atom. The van der Waals surface area contributed by atoms with Crippen LogP contribution in [-0.4, -0.2) is 28.6 Å². The Labute approximate surface area is 177 Å². The van der Waals surface area contributed by atoms with Crippen molar-refractivity contribution in [2.45, 2.75) is 11.3 Å². The number of nitrogens with one attached hydrogen (secondary N) is 1. The number of aromatic hydroxyl groups is 1. The zero-order chi connectivity index (χ0) is 22.2. The van der Waals surface area contributed by atoms with Crippen molar-refractivity contribution in [3.63, 3.8) is 0 Å². The van der Waals surface area contributed by atoms with E-state index in [1.54, 1.807) is 4.98 Å². The van der Waals surface area contributed by atoms with E-state index in [-0.39, 0.29) is 27.2 Å². The molecule has 0 aliphatic carbocycles. The maximum Gasteiger partial charge on any atom is 0.349 e. The number of alkyl halides is 2. The van der Waals surface area contributed by atoms with E-state index in [1.165, 1.54) is 6.07 Å². The number of halogens is 4. The molecule has 3 aromatic rings. The molecule has 14 heteroatoms. The first-order chi connectivity index (χ1) is 14.1. The molecule has 2 aromatic carbocycles. The highest BCUT2D eigenvalue weighted by Gasteiger charge is 2.19. The van der Waals surface area contributed by atoms with E-state index in [9.17, 15) is 32.2 Å². The van der Waals surface area contributed by atoms with Gasteiger partial charge in [-0.15, -0.1) is 0 Å². The molecular weight excluding hydrogens is 471 g/mol. The first kappa shape index (κ1) is 21.9. The number of hydrogen-bond acceptors (Lipinski definition) is 7. The molecule has 0 spiro atoms. The van der Waals surface area contributed by atoms with Crippen LogP contribution in [0.1, 0.15) is 12.1 Å². The third kappa shape index (κ3) is 4.36. The topological polar surface area (TPSA) is 137 Å². The van der Waals surface area contributed by atoms with Crippen LogP contribution in [0.4, 0.5) is 8.78 Å². The van der Waals surface area contributed by atoms with Crippen LogP contribution < -0.4 is 16.0 Å². The highest BCUT2D eigenvalue weighted by molar-refractivity contribution is 7.79. The van der Waals surface area contributed by atoms with Crippen LogP contribution in [0.25, 0.3) is 5.69 Å². The fourth-order valence-electron chi connectivity index (χ4n) is 2.31. The van der Waals surface area contributed by atoms with Gasteiger partial charge in [0.15, 0.2) is 11.4 Å². The third-order valence-electron chi connectivity index (χ3n) is 3.62. The van der Waals surface area contributed by atoms with Gasteiger partial charge in [-0.25, -0.2) is 13.6 Å². The molecule has 0 saturated heterocycles. The van der Waals surface area contributed by atoms with E-state index in [0.29, 0.717) is 4.68 Å². The van der Waals surface area contributed by atoms with Gasteiger partial charge in [0.05, 0.1) is 20.6 Å². The minimum absolute atomic E-state index is 0.0390. The van der Waals surface area contributed by atoms with E-state index in [4.69, 9.17) is 27.9 Å². The molecule has 0 bridgehead atoms. The molecule has 0 amide bonds. The molecule has 0 fully saturated rings. The summed E-state index contributed by atoms with van der Waals surface area (Å²) in [6.07, 6.45) is -3.23. The smallest absolute Gasteiger partial charge is 0.349 e. The van der Waals surface area contributed by atoms with Crippen LogP contribution in [0.15, 0.2) is 44.8 Å². The predicted molar refractivity (Wildman–Crippen MR) is 101 cm³/mol. The molecule has 9 nitrogen and oxygen atoms in total. The SMILES string of the molecule is O=c1[nH]c(=O)n(-c2cc(Cl)c(Oc3ccc(O)c(S(=O)[O-])c3)c(Cl)c2)nc1C(F)F. The molecule has 1 heterocycles. The number of aromatic amines is 1. The maximum absolute atomic E-state index is 12.9. The summed E-state index contributed by atoms with van der Waals surface area (Å²) in [5, 5.41) is 12.5. The molecule has 2 N–H and O–H groups in total. The quantitative estimate of drug-likeness (QED) is 0.537. The van der Waals surface area contributed by atoms with E-state index >= 15 is 0 Å². The van der Waals surface area contributed by atoms with Gasteiger partial charge in [0.1, 0.15) is 11.5 Å². The molecule has 0 saturated carbocycles. The monoisotopic (exact) mass is 478 g/mol. The number of H-pyrrole nitrogens is 1. The molecule has 0 aliphatic rings. The summed E-state index contributed by atoms with van der Waals surface area (Å²) >= 11 is 9.48. The Morgan fingerprint density at radius 1 is 1.20 bits per heavy atom. The van der Waals surface area contributed by atoms with Crippen molar-refractivity contribution >= 4 is 34.3 Å². The first-order valence-corrected chi connectivity index (χ1v) is 9.53. The van der Waals surface area contributed by atoms with E-state index in [1.807, 2.05) is 0 Å². The number of rotatable bonds is 5. The van der Waals surface area contributed by atoms with Crippen molar-refractivity contribution in [1.82, 2.24) is 14.8 Å². The highest BCUT2D eigenvalue weighted by atomic mass is 35.5. The Hall–Kier alpha value is -2.80. The summed E-state index contributed by atoms with van der Waals surface area (Å²) in [4.78, 5) is 24.6. The van der Waals surface area contributed by atoms with Gasteiger partial charge in [-0.1, -0.05) is 23.2 Å². The van der Waals surface area contributed by atoms with Crippen LogP contribution >= 0.6 is 23.2 Å². The largest absolute Gasteiger partial charge is 0.768 e. The molecule has 1 atom stereocenters. The number of hydrogen-bond donors (Lipinski definition) is 2. The van der Waals surface area contributed by atoms with E-state index < -0.39 is 45.1 Å². The number of aromatic nitrogens is 3. The van der Waals surface area contributed by atoms with Gasteiger partial charge in [-0.05, 0) is 41.4 Å². The summed E-state index contributed by atoms with van der Waals surface area (Å²) in [7, 11) is 0. The lowest BCUT2D eigenvalue weighted by Crippen LogP contribution is -2.34. The normalized spacial score (nSPS) is 12.2. The predicted octanol–water partition coefficient (Wildman–Crippen LogP) is 2.90. The molecule has 158 valence electrons. The van der Waals surface area contributed by atoms with Crippen molar-refractivity contribution in [3.05, 3.63) is 66.9 Å². The van der Waals surface area contributed by atoms with Crippen LogP contribution in [-0.2, 0) is 11.1 Å². The van der Waals surface area contributed by atoms with Crippen LogP contribution in [0.3, 0.4) is 0 Å². The summed E-state index contributed by atoms with van der Waals surface area (Å²) in [6.45, 7) is 0. The van der Waals surface area contributed by atoms with Gasteiger partial charge >= 0.3 is 5.69 Å². The highest BCUT2D eigenvalue weighted by Crippen LogP contribution is 2.39. The average molecular weight is 479 g/mol. The van der Waals surface area contributed by atoms with Crippen LogP contribution in [0.2, 0.25) is 10.0 Å². The first-order valence-electron chi connectivity index (χ1n) is 7.69. The Bertz CT molecular complexity index is 1260. The van der Waals surface area contributed by atoms with Gasteiger partial charge in [-0.3, -0.25) is 14.0 Å². The summed E-state index contributed by atoms with van der Waals surface area (Å²) in [5.41, 5.74) is -3.76. The van der Waals surface area contributed by atoms with Crippen molar-refractivity contribution in [1.29, 1.82) is 0 Å². The van der Waals surface area contributed by atoms with Crippen molar-refractivity contribution in [2.24, 2.45) is 0 Å². The summed E-state index contributed by atoms with van der Waals surface area (Å²) in [5.74, 6) is -0.689.